The first kappa shape index (κ1) is 38.3. The Morgan fingerprint density at radius 2 is 1.83 bits per heavy atom. The molecule has 2 aromatic carbocycles. The number of aliphatic hydroxyl groups excluding tert-OH is 1. The summed E-state index contributed by atoms with van der Waals surface area (Å²) in [4.78, 5) is 42.4. The number of aryl methyl sites for hydroxylation is 3. The topological polar surface area (TPSA) is 205 Å². The molecule has 0 saturated carbocycles. The number of nitrogens with two attached hydrogens (primary N) is 1. The lowest BCUT2D eigenvalue weighted by Gasteiger charge is -2.47. The van der Waals surface area contributed by atoms with Crippen molar-refractivity contribution in [3.63, 3.8) is 0 Å². The molecule has 6 N–H and O–H groups in total. The number of methoxy groups -OCH3 is 1. The normalized spacial score (nSPS) is 19.8. The molecule has 4 atom stereocenters. The molecule has 5 rings (SSSR count). The monoisotopic (exact) mass is 721 g/mol. The number of benzene rings is 2. The minimum atomic E-state index is -1.50. The van der Waals surface area contributed by atoms with Crippen molar-refractivity contribution in [1.29, 1.82) is 0 Å². The van der Waals surface area contributed by atoms with E-state index in [4.69, 9.17) is 33.8 Å². The highest BCUT2D eigenvalue weighted by atomic mass is 16.7. The van der Waals surface area contributed by atoms with Crippen LogP contribution in [-0.4, -0.2) is 77.5 Å². The minimum absolute atomic E-state index is 0.0141. The van der Waals surface area contributed by atoms with Crippen molar-refractivity contribution in [3.05, 3.63) is 81.0 Å². The van der Waals surface area contributed by atoms with Crippen LogP contribution in [0.2, 0.25) is 0 Å². The lowest BCUT2D eigenvalue weighted by Crippen LogP contribution is -2.65. The van der Waals surface area contributed by atoms with Crippen LogP contribution in [0.5, 0.6) is 17.2 Å². The quantitative estimate of drug-likeness (QED) is 0.0939. The summed E-state index contributed by atoms with van der Waals surface area (Å²) in [6.45, 7) is 11.7. The summed E-state index contributed by atoms with van der Waals surface area (Å²) in [5, 5.41) is 25.2. The highest BCUT2D eigenvalue weighted by Crippen LogP contribution is 2.39. The molecule has 1 amide bonds. The number of carbonyl (C=O) groups excluding carboxylic acids is 2. The largest absolute Gasteiger partial charge is 0.505 e. The molecule has 0 unspecified atom stereocenters. The van der Waals surface area contributed by atoms with Gasteiger partial charge in [0.05, 0.1) is 11.0 Å². The number of hydrogen-bond acceptors (Lipinski definition) is 12. The van der Waals surface area contributed by atoms with Crippen molar-refractivity contribution in [2.24, 2.45) is 11.7 Å². The van der Waals surface area contributed by atoms with Gasteiger partial charge >= 0.3 is 11.6 Å². The first-order chi connectivity index (χ1) is 24.6. The first-order valence-corrected chi connectivity index (χ1v) is 17.1. The summed E-state index contributed by atoms with van der Waals surface area (Å²) in [5.41, 5.74) is 5.41. The molecule has 1 fully saturated rings. The lowest BCUT2D eigenvalue weighted by atomic mass is 9.89. The van der Waals surface area contributed by atoms with Crippen molar-refractivity contribution < 1.29 is 47.9 Å². The highest BCUT2D eigenvalue weighted by molar-refractivity contribution is 6.06. The Morgan fingerprint density at radius 1 is 1.10 bits per heavy atom. The number of carbonyl (C=O) groups is 2. The lowest BCUT2D eigenvalue weighted by molar-refractivity contribution is -0.305. The molecule has 280 valence electrons. The number of aliphatic hydroxyl groups is 1. The Bertz CT molecular complexity index is 1980. The van der Waals surface area contributed by atoms with Crippen LogP contribution in [0.3, 0.4) is 0 Å². The van der Waals surface area contributed by atoms with Gasteiger partial charge in [-0.15, -0.1) is 0 Å². The van der Waals surface area contributed by atoms with E-state index in [1.807, 2.05) is 0 Å². The summed E-state index contributed by atoms with van der Waals surface area (Å²) in [6.07, 6.45) is -3.38. The molecule has 0 bridgehead atoms. The Hall–Kier alpha value is -4.89. The van der Waals surface area contributed by atoms with Gasteiger partial charge in [-0.05, 0) is 94.5 Å². The number of aromatic nitrogens is 1. The third-order valence-corrected chi connectivity index (χ3v) is 8.99. The second kappa shape index (κ2) is 15.8. The van der Waals surface area contributed by atoms with Gasteiger partial charge < -0.3 is 54.3 Å². The van der Waals surface area contributed by atoms with E-state index in [9.17, 15) is 24.6 Å². The van der Waals surface area contributed by atoms with E-state index in [0.29, 0.717) is 36.8 Å². The highest BCUT2D eigenvalue weighted by Gasteiger charge is 2.53. The van der Waals surface area contributed by atoms with Crippen molar-refractivity contribution in [2.75, 3.05) is 25.6 Å². The van der Waals surface area contributed by atoms with Gasteiger partial charge in [0.1, 0.15) is 35.5 Å². The molecule has 14 heteroatoms. The first-order valence-electron chi connectivity index (χ1n) is 17.1. The summed E-state index contributed by atoms with van der Waals surface area (Å²) in [6, 6.07) is 11.2. The fourth-order valence-electron chi connectivity index (χ4n) is 6.20. The maximum atomic E-state index is 13.4. The van der Waals surface area contributed by atoms with E-state index < -0.39 is 59.1 Å². The Morgan fingerprint density at radius 3 is 2.48 bits per heavy atom. The summed E-state index contributed by atoms with van der Waals surface area (Å²) in [5.74, 6) is -0.625. The Labute approximate surface area is 301 Å². The number of rotatable bonds is 13. The van der Waals surface area contributed by atoms with E-state index in [1.54, 1.807) is 58.0 Å². The average molecular weight is 722 g/mol. The zero-order valence-corrected chi connectivity index (χ0v) is 30.4. The molecule has 3 heterocycles. The number of aromatic hydroxyl groups is 1. The van der Waals surface area contributed by atoms with Crippen LogP contribution in [0, 0.1) is 19.8 Å². The van der Waals surface area contributed by atoms with Crippen molar-refractivity contribution in [3.8, 4) is 17.2 Å². The van der Waals surface area contributed by atoms with Gasteiger partial charge in [-0.1, -0.05) is 13.8 Å². The zero-order chi connectivity index (χ0) is 37.9. The van der Waals surface area contributed by atoms with E-state index in [-0.39, 0.29) is 28.0 Å². The Balaban J connectivity index is 1.39. The van der Waals surface area contributed by atoms with Gasteiger partial charge in [0, 0.05) is 30.5 Å². The molecular weight excluding hydrogens is 674 g/mol. The Kier molecular flexibility index (Phi) is 11.6. The third kappa shape index (κ3) is 8.10. The van der Waals surface area contributed by atoms with E-state index >= 15 is 0 Å². The minimum Gasteiger partial charge on any atom is -0.505 e. The number of amides is 1. The van der Waals surface area contributed by atoms with Crippen LogP contribution in [-0.2, 0) is 20.6 Å². The van der Waals surface area contributed by atoms with Crippen LogP contribution in [0.15, 0.2) is 51.7 Å². The predicted octanol–water partition coefficient (Wildman–Crippen LogP) is 4.74. The summed E-state index contributed by atoms with van der Waals surface area (Å²) in [7, 11) is 1.42. The maximum Gasteiger partial charge on any atom is 0.364 e. The zero-order valence-electron chi connectivity index (χ0n) is 30.4. The number of H-pyrrole nitrogens is 1. The van der Waals surface area contributed by atoms with Crippen LogP contribution in [0.25, 0.3) is 11.0 Å². The predicted molar refractivity (Wildman–Crippen MR) is 192 cm³/mol. The number of hydrogen-bond donors (Lipinski definition) is 5. The van der Waals surface area contributed by atoms with Crippen LogP contribution < -0.4 is 26.1 Å². The number of ether oxygens (including phenoxy) is 5. The number of anilines is 1. The van der Waals surface area contributed by atoms with Gasteiger partial charge in [-0.2, -0.15) is 0 Å². The number of esters is 1. The molecule has 1 aliphatic rings. The van der Waals surface area contributed by atoms with Gasteiger partial charge in [0.25, 0.3) is 5.91 Å². The summed E-state index contributed by atoms with van der Waals surface area (Å²) < 4.78 is 34.9. The van der Waals surface area contributed by atoms with Gasteiger partial charge in [0.2, 0.25) is 6.29 Å². The average Bonchev–Trinajstić information content (AvgIpc) is 3.54. The van der Waals surface area contributed by atoms with Crippen molar-refractivity contribution >= 4 is 28.5 Å². The van der Waals surface area contributed by atoms with Crippen LogP contribution in [0.1, 0.15) is 71.8 Å². The second-order valence-electron chi connectivity index (χ2n) is 13.8. The number of nitrogens with one attached hydrogen (secondary N) is 2. The van der Waals surface area contributed by atoms with Crippen LogP contribution >= 0.6 is 0 Å². The van der Waals surface area contributed by atoms with Gasteiger partial charge in [-0.3, -0.25) is 4.79 Å². The molecule has 0 aliphatic carbocycles. The maximum absolute atomic E-state index is 13.4. The molecular formula is C38H47N3O11. The SMILES string of the molecule is CO[C@@H]1[C@@H](OC(=O)c2ccc(C)[nH]2)[C@@H](O)[C@H](Oc2ccc3c(O)c(NC(=O)c4ccc(OCCN)c(CCC(C)C)c4)c(=O)oc3c2C)OC1(C)C. The molecule has 0 spiro atoms. The standard InChI is InChI=1S/C38H47N3O11/c1-19(2)8-10-22-18-23(11-14-27(22)48-17-16-39)34(44)41-28-29(42)24-12-15-26(21(4)31(24)50-36(28)46)49-37-30(43)32(33(47-7)38(5,6)52-37)51-35(45)25-13-9-20(3)40-25/h9,11-15,18-19,30,32-33,37,40,42-43H,8,10,16-17,39H2,1-7H3,(H,41,44)/t30-,32+,33-,37-/m1/s1. The smallest absolute Gasteiger partial charge is 0.364 e. The van der Waals surface area contributed by atoms with E-state index in [2.05, 4.69) is 24.1 Å². The number of fused-ring (bicyclic) bond motifs is 1. The summed E-state index contributed by atoms with van der Waals surface area (Å²) >= 11 is 0. The van der Waals surface area contributed by atoms with Crippen LogP contribution in [0.4, 0.5) is 5.69 Å². The molecule has 1 aliphatic heterocycles. The second-order valence-corrected chi connectivity index (χ2v) is 13.8. The molecule has 52 heavy (non-hydrogen) atoms. The molecule has 4 aromatic rings. The molecule has 0 radical (unpaired) electrons. The molecule has 14 nitrogen and oxygen atoms in total. The van der Waals surface area contributed by atoms with Crippen molar-refractivity contribution in [2.45, 2.75) is 84.6 Å². The van der Waals surface area contributed by atoms with Gasteiger partial charge in [-0.25, -0.2) is 9.59 Å². The fourth-order valence-corrected chi connectivity index (χ4v) is 6.20. The van der Waals surface area contributed by atoms with Crippen molar-refractivity contribution in [1.82, 2.24) is 4.98 Å². The molecule has 2 aromatic heterocycles. The number of aromatic amines is 1. The third-order valence-electron chi connectivity index (χ3n) is 8.99. The molecule has 1 saturated heterocycles. The van der Waals surface area contributed by atoms with E-state index in [1.165, 1.54) is 19.2 Å². The van der Waals surface area contributed by atoms with E-state index in [0.717, 1.165) is 17.7 Å². The fraction of sp³-hybridized carbons (Fsp3) is 0.447. The van der Waals surface area contributed by atoms with Gasteiger partial charge in [0.15, 0.2) is 23.6 Å².